The summed E-state index contributed by atoms with van der Waals surface area (Å²) in [6.07, 6.45) is 0. The number of hydrogen-bond donors (Lipinski definition) is 2. The van der Waals surface area contributed by atoms with E-state index in [9.17, 15) is 14.0 Å². The number of methoxy groups -OCH3 is 1. The monoisotopic (exact) mass is 376 g/mol. The Bertz CT molecular complexity index is 780. The molecule has 0 aliphatic carbocycles. The van der Waals surface area contributed by atoms with Gasteiger partial charge in [-0.2, -0.15) is 0 Å². The van der Waals surface area contributed by atoms with Crippen LogP contribution in [-0.2, 0) is 16.1 Å². The maximum atomic E-state index is 12.8. The first kappa shape index (κ1) is 20.2. The van der Waals surface area contributed by atoms with Crippen LogP contribution >= 0.6 is 0 Å². The highest BCUT2D eigenvalue weighted by Gasteiger charge is 2.12. The molecule has 0 bridgehead atoms. The summed E-state index contributed by atoms with van der Waals surface area (Å²) >= 11 is 0. The zero-order valence-corrected chi connectivity index (χ0v) is 15.1. The van der Waals surface area contributed by atoms with Crippen molar-refractivity contribution in [3.8, 4) is 11.5 Å². The number of halogens is 1. The molecule has 0 spiro atoms. The summed E-state index contributed by atoms with van der Waals surface area (Å²) in [7, 11) is 1.53. The minimum Gasteiger partial charge on any atom is -0.496 e. The van der Waals surface area contributed by atoms with Crippen molar-refractivity contribution >= 4 is 11.8 Å². The summed E-state index contributed by atoms with van der Waals surface area (Å²) in [4.78, 5) is 24.0. The Morgan fingerprint density at radius 1 is 1.07 bits per heavy atom. The number of hydrogen-bond acceptors (Lipinski definition) is 5. The van der Waals surface area contributed by atoms with Crippen molar-refractivity contribution in [3.63, 3.8) is 0 Å². The van der Waals surface area contributed by atoms with E-state index in [0.717, 1.165) is 5.56 Å². The van der Waals surface area contributed by atoms with Gasteiger partial charge in [0.1, 0.15) is 17.3 Å². The van der Waals surface area contributed by atoms with Gasteiger partial charge in [0.05, 0.1) is 13.7 Å². The predicted octanol–water partition coefficient (Wildman–Crippen LogP) is 2.21. The molecule has 2 aromatic carbocycles. The Labute approximate surface area is 156 Å². The maximum Gasteiger partial charge on any atom is 0.276 e. The molecule has 2 amide bonds. The van der Waals surface area contributed by atoms with Crippen molar-refractivity contribution in [1.82, 2.24) is 10.9 Å². The third kappa shape index (κ3) is 6.27. The molecule has 0 heterocycles. The highest BCUT2D eigenvalue weighted by molar-refractivity contribution is 5.95. The molecule has 0 aromatic heterocycles. The second kappa shape index (κ2) is 10.1. The van der Waals surface area contributed by atoms with Crippen LogP contribution < -0.4 is 20.3 Å². The minimum absolute atomic E-state index is 0.304. The number of carbonyl (C=O) groups excluding carboxylic acids is 2. The third-order valence-corrected chi connectivity index (χ3v) is 3.50. The van der Waals surface area contributed by atoms with Gasteiger partial charge in [-0.15, -0.1) is 0 Å². The minimum atomic E-state index is -0.560. The van der Waals surface area contributed by atoms with Gasteiger partial charge >= 0.3 is 0 Å². The van der Waals surface area contributed by atoms with E-state index in [0.29, 0.717) is 30.3 Å². The predicted molar refractivity (Wildman–Crippen MR) is 95.8 cm³/mol. The zero-order chi connectivity index (χ0) is 19.6. The second-order valence-electron chi connectivity index (χ2n) is 5.41. The smallest absolute Gasteiger partial charge is 0.276 e. The molecule has 0 aliphatic rings. The molecule has 0 saturated heterocycles. The first-order valence-corrected chi connectivity index (χ1v) is 8.25. The fraction of sp³-hybridized carbons (Fsp3) is 0.263. The van der Waals surface area contributed by atoms with Crippen LogP contribution in [0.25, 0.3) is 0 Å². The van der Waals surface area contributed by atoms with Gasteiger partial charge in [-0.25, -0.2) is 4.39 Å². The summed E-state index contributed by atoms with van der Waals surface area (Å²) in [5, 5.41) is 0. The lowest BCUT2D eigenvalue weighted by Crippen LogP contribution is -2.43. The normalized spacial score (nSPS) is 10.2. The van der Waals surface area contributed by atoms with Gasteiger partial charge in [0.2, 0.25) is 0 Å². The van der Waals surface area contributed by atoms with Gasteiger partial charge in [0, 0.05) is 17.7 Å². The fourth-order valence-electron chi connectivity index (χ4n) is 2.16. The number of nitrogens with one attached hydrogen (secondary N) is 2. The largest absolute Gasteiger partial charge is 0.496 e. The molecule has 8 heteroatoms. The van der Waals surface area contributed by atoms with E-state index >= 15 is 0 Å². The average Bonchev–Trinajstić information content (AvgIpc) is 2.69. The SMILES string of the molecule is CCOCc1cc(C(=O)NNC(=O)COc2ccc(F)cc2)ccc1OC. The van der Waals surface area contributed by atoms with E-state index in [-0.39, 0.29) is 6.61 Å². The van der Waals surface area contributed by atoms with E-state index in [1.807, 2.05) is 6.92 Å². The highest BCUT2D eigenvalue weighted by atomic mass is 19.1. The van der Waals surface area contributed by atoms with Crippen LogP contribution in [0, 0.1) is 5.82 Å². The molecule has 144 valence electrons. The van der Waals surface area contributed by atoms with E-state index in [2.05, 4.69) is 10.9 Å². The molecule has 0 aliphatic heterocycles. The molecule has 0 unspecified atom stereocenters. The van der Waals surface area contributed by atoms with Gasteiger partial charge < -0.3 is 14.2 Å². The average molecular weight is 376 g/mol. The molecule has 7 nitrogen and oxygen atoms in total. The number of ether oxygens (including phenoxy) is 3. The lowest BCUT2D eigenvalue weighted by molar-refractivity contribution is -0.123. The molecule has 0 radical (unpaired) electrons. The lowest BCUT2D eigenvalue weighted by atomic mass is 10.1. The quantitative estimate of drug-likeness (QED) is 0.690. The van der Waals surface area contributed by atoms with Crippen LogP contribution in [0.2, 0.25) is 0 Å². The topological polar surface area (TPSA) is 85.9 Å². The van der Waals surface area contributed by atoms with Crippen molar-refractivity contribution in [1.29, 1.82) is 0 Å². The summed E-state index contributed by atoms with van der Waals surface area (Å²) in [6.45, 7) is 2.37. The molecule has 2 N–H and O–H groups in total. The van der Waals surface area contributed by atoms with Gasteiger partial charge in [-0.3, -0.25) is 20.4 Å². The molecule has 0 atom stereocenters. The number of benzene rings is 2. The van der Waals surface area contributed by atoms with E-state index in [1.165, 1.54) is 31.4 Å². The molecule has 2 aromatic rings. The number of hydrazine groups is 1. The van der Waals surface area contributed by atoms with Crippen LogP contribution in [0.3, 0.4) is 0 Å². The summed E-state index contributed by atoms with van der Waals surface area (Å²) in [5.74, 6) is -0.506. The number of carbonyl (C=O) groups is 2. The third-order valence-electron chi connectivity index (χ3n) is 3.50. The van der Waals surface area contributed by atoms with Gasteiger partial charge in [0.25, 0.3) is 11.8 Å². The van der Waals surface area contributed by atoms with Crippen LogP contribution in [0.5, 0.6) is 11.5 Å². The maximum absolute atomic E-state index is 12.8. The van der Waals surface area contributed by atoms with Crippen LogP contribution in [-0.4, -0.2) is 32.1 Å². The Morgan fingerprint density at radius 3 is 2.48 bits per heavy atom. The fourth-order valence-corrected chi connectivity index (χ4v) is 2.16. The second-order valence-corrected chi connectivity index (χ2v) is 5.41. The van der Waals surface area contributed by atoms with Crippen LogP contribution in [0.1, 0.15) is 22.8 Å². The van der Waals surface area contributed by atoms with Crippen LogP contribution in [0.4, 0.5) is 4.39 Å². The molecule has 0 saturated carbocycles. The van der Waals surface area contributed by atoms with E-state index in [4.69, 9.17) is 14.2 Å². The number of rotatable bonds is 8. The highest BCUT2D eigenvalue weighted by Crippen LogP contribution is 2.20. The molecule has 2 rings (SSSR count). The molecular formula is C19H21FN2O5. The first-order chi connectivity index (χ1) is 13.0. The standard InChI is InChI=1S/C19H21FN2O5/c1-3-26-11-14-10-13(4-9-17(14)25-2)19(24)22-21-18(23)12-27-16-7-5-15(20)6-8-16/h4-10H,3,11-12H2,1-2H3,(H,21,23)(H,22,24). The molecular weight excluding hydrogens is 355 g/mol. The summed E-state index contributed by atoms with van der Waals surface area (Å²) in [6, 6.07) is 10.1. The molecule has 27 heavy (non-hydrogen) atoms. The zero-order valence-electron chi connectivity index (χ0n) is 15.1. The first-order valence-electron chi connectivity index (χ1n) is 8.25. The Morgan fingerprint density at radius 2 is 1.81 bits per heavy atom. The van der Waals surface area contributed by atoms with Gasteiger partial charge in [-0.1, -0.05) is 0 Å². The van der Waals surface area contributed by atoms with E-state index < -0.39 is 17.6 Å². The summed E-state index contributed by atoms with van der Waals surface area (Å²) < 4.78 is 28.6. The van der Waals surface area contributed by atoms with Crippen molar-refractivity contribution < 1.29 is 28.2 Å². The van der Waals surface area contributed by atoms with Crippen molar-refractivity contribution in [2.24, 2.45) is 0 Å². The Kier molecular flexibility index (Phi) is 7.57. The summed E-state index contributed by atoms with van der Waals surface area (Å²) in [5.41, 5.74) is 5.62. The van der Waals surface area contributed by atoms with Crippen LogP contribution in [0.15, 0.2) is 42.5 Å². The van der Waals surface area contributed by atoms with Crippen molar-refractivity contribution in [2.45, 2.75) is 13.5 Å². The lowest BCUT2D eigenvalue weighted by Gasteiger charge is -2.12. The van der Waals surface area contributed by atoms with Crippen molar-refractivity contribution in [3.05, 3.63) is 59.4 Å². The van der Waals surface area contributed by atoms with Crippen molar-refractivity contribution in [2.75, 3.05) is 20.3 Å². The molecule has 0 fully saturated rings. The van der Waals surface area contributed by atoms with Gasteiger partial charge in [0.15, 0.2) is 6.61 Å². The van der Waals surface area contributed by atoms with E-state index in [1.54, 1.807) is 18.2 Å². The number of amides is 2. The van der Waals surface area contributed by atoms with Gasteiger partial charge in [-0.05, 0) is 49.4 Å². The Balaban J connectivity index is 1.86. The Hall–Kier alpha value is -3.13.